The van der Waals surface area contributed by atoms with Gasteiger partial charge in [0.15, 0.2) is 0 Å². The van der Waals surface area contributed by atoms with Gasteiger partial charge in [-0.25, -0.2) is 0 Å². The summed E-state index contributed by atoms with van der Waals surface area (Å²) in [5.41, 5.74) is 2.31. The van der Waals surface area contributed by atoms with Gasteiger partial charge < -0.3 is 15.0 Å². The Morgan fingerprint density at radius 3 is 2.79 bits per heavy atom. The van der Waals surface area contributed by atoms with Gasteiger partial charge in [0.25, 0.3) is 5.91 Å². The van der Waals surface area contributed by atoms with Crippen molar-refractivity contribution in [3.63, 3.8) is 0 Å². The van der Waals surface area contributed by atoms with Crippen molar-refractivity contribution in [2.24, 2.45) is 0 Å². The minimum absolute atomic E-state index is 0.0508. The molecule has 2 heterocycles. The molecule has 1 aromatic heterocycles. The Balaban J connectivity index is 1.57. The minimum atomic E-state index is -0.207. The van der Waals surface area contributed by atoms with Gasteiger partial charge in [-0.1, -0.05) is 45.7 Å². The Morgan fingerprint density at radius 1 is 1.28 bits per heavy atom. The predicted octanol–water partition coefficient (Wildman–Crippen LogP) is 5.16. The van der Waals surface area contributed by atoms with E-state index in [1.54, 1.807) is 7.11 Å². The lowest BCUT2D eigenvalue weighted by atomic mass is 10.0. The molecular weight excluding hydrogens is 454 g/mol. The lowest BCUT2D eigenvalue weighted by Gasteiger charge is -2.29. The summed E-state index contributed by atoms with van der Waals surface area (Å²) in [4.78, 5) is 18.5. The van der Waals surface area contributed by atoms with E-state index < -0.39 is 0 Å². The van der Waals surface area contributed by atoms with Gasteiger partial charge in [0.2, 0.25) is 0 Å². The molecule has 0 bridgehead atoms. The van der Waals surface area contributed by atoms with Crippen molar-refractivity contribution in [1.82, 2.24) is 15.2 Å². The molecule has 3 aromatic rings. The van der Waals surface area contributed by atoms with Gasteiger partial charge in [-0.15, -0.1) is 0 Å². The van der Waals surface area contributed by atoms with Crippen molar-refractivity contribution in [2.75, 3.05) is 26.7 Å². The molecule has 2 N–H and O–H groups in total. The summed E-state index contributed by atoms with van der Waals surface area (Å²) in [6.45, 7) is 2.51. The molecule has 1 fully saturated rings. The van der Waals surface area contributed by atoms with Crippen LogP contribution >= 0.6 is 27.5 Å². The van der Waals surface area contributed by atoms with Gasteiger partial charge >= 0.3 is 0 Å². The largest absolute Gasteiger partial charge is 0.496 e. The molecule has 1 amide bonds. The second-order valence-corrected chi connectivity index (χ2v) is 8.51. The molecule has 1 saturated heterocycles. The molecule has 1 aliphatic rings. The molecular formula is C22H23BrClN3O2. The molecule has 4 rings (SSSR count). The van der Waals surface area contributed by atoms with Crippen molar-refractivity contribution >= 4 is 44.3 Å². The number of aromatic amines is 1. The average molecular weight is 477 g/mol. The van der Waals surface area contributed by atoms with E-state index >= 15 is 0 Å². The van der Waals surface area contributed by atoms with Crippen LogP contribution in [0.3, 0.4) is 0 Å². The smallest absolute Gasteiger partial charge is 0.269 e. The number of hydrogen-bond donors (Lipinski definition) is 2. The highest BCUT2D eigenvalue weighted by Crippen LogP contribution is 2.32. The number of likely N-dealkylation sites (tertiary alicyclic amines) is 1. The van der Waals surface area contributed by atoms with Crippen LogP contribution < -0.4 is 10.1 Å². The Morgan fingerprint density at radius 2 is 2.03 bits per heavy atom. The number of hydrogen-bond acceptors (Lipinski definition) is 3. The monoisotopic (exact) mass is 475 g/mol. The van der Waals surface area contributed by atoms with Crippen LogP contribution in [0.1, 0.15) is 34.9 Å². The highest BCUT2D eigenvalue weighted by atomic mass is 79.9. The van der Waals surface area contributed by atoms with E-state index in [9.17, 15) is 4.79 Å². The second-order valence-electron chi connectivity index (χ2n) is 7.21. The zero-order valence-corrected chi connectivity index (χ0v) is 18.5. The first-order valence-corrected chi connectivity index (χ1v) is 10.9. The van der Waals surface area contributed by atoms with Crippen LogP contribution in [-0.4, -0.2) is 42.5 Å². The predicted molar refractivity (Wildman–Crippen MR) is 120 cm³/mol. The fraction of sp³-hybridized carbons (Fsp3) is 0.318. The van der Waals surface area contributed by atoms with Gasteiger partial charge in [-0.3, -0.25) is 9.69 Å². The van der Waals surface area contributed by atoms with Crippen LogP contribution in [0.25, 0.3) is 10.9 Å². The van der Waals surface area contributed by atoms with E-state index in [0.29, 0.717) is 17.3 Å². The van der Waals surface area contributed by atoms with E-state index in [1.807, 2.05) is 36.4 Å². The number of halogens is 2. The lowest BCUT2D eigenvalue weighted by Crippen LogP contribution is -2.37. The van der Waals surface area contributed by atoms with Crippen molar-refractivity contribution < 1.29 is 9.53 Å². The Hall–Kier alpha value is -2.02. The van der Waals surface area contributed by atoms with Gasteiger partial charge in [0.1, 0.15) is 11.4 Å². The molecule has 29 heavy (non-hydrogen) atoms. The van der Waals surface area contributed by atoms with Gasteiger partial charge in [-0.05, 0) is 50.2 Å². The number of amides is 1. The minimum Gasteiger partial charge on any atom is -0.496 e. The normalized spacial score (nSPS) is 15.6. The van der Waals surface area contributed by atoms with Crippen LogP contribution in [0.4, 0.5) is 0 Å². The molecule has 0 unspecified atom stereocenters. The fourth-order valence-electron chi connectivity index (χ4n) is 4.00. The number of rotatable bonds is 6. The summed E-state index contributed by atoms with van der Waals surface area (Å²) in [5, 5.41) is 4.34. The second kappa shape index (κ2) is 8.78. The number of ether oxygens (including phenoxy) is 1. The summed E-state index contributed by atoms with van der Waals surface area (Å²) in [6, 6.07) is 13.8. The first kappa shape index (κ1) is 20.3. The van der Waals surface area contributed by atoms with E-state index in [-0.39, 0.29) is 11.9 Å². The topological polar surface area (TPSA) is 57.4 Å². The molecule has 5 nitrogen and oxygen atoms in total. The Kier molecular flexibility index (Phi) is 6.13. The lowest BCUT2D eigenvalue weighted by molar-refractivity contribution is 0.0933. The quantitative estimate of drug-likeness (QED) is 0.517. The average Bonchev–Trinajstić information content (AvgIpc) is 3.37. The highest BCUT2D eigenvalue weighted by Gasteiger charge is 2.27. The summed E-state index contributed by atoms with van der Waals surface area (Å²) in [5.74, 6) is 0.633. The van der Waals surface area contributed by atoms with Gasteiger partial charge in [-0.2, -0.15) is 0 Å². The van der Waals surface area contributed by atoms with Gasteiger partial charge in [0.05, 0.1) is 18.2 Å². The Bertz CT molecular complexity index is 1030. The maximum absolute atomic E-state index is 12.9. The number of aromatic nitrogens is 1. The SMILES string of the molecule is COc1ccccc1[C@H](CNC(=O)c1[nH]c2ccc(Br)cc2c1Cl)N1CCCC1. The number of nitrogens with one attached hydrogen (secondary N) is 2. The zero-order valence-electron chi connectivity index (χ0n) is 16.2. The number of para-hydroxylation sites is 1. The van der Waals surface area contributed by atoms with E-state index in [1.165, 1.54) is 12.8 Å². The van der Waals surface area contributed by atoms with Crippen molar-refractivity contribution in [2.45, 2.75) is 18.9 Å². The first-order valence-electron chi connectivity index (χ1n) is 9.70. The highest BCUT2D eigenvalue weighted by molar-refractivity contribution is 9.10. The molecule has 1 atom stereocenters. The van der Waals surface area contributed by atoms with Crippen LogP contribution in [0.2, 0.25) is 5.02 Å². The molecule has 2 aromatic carbocycles. The number of benzene rings is 2. The molecule has 1 aliphatic heterocycles. The van der Waals surface area contributed by atoms with Crippen molar-refractivity contribution in [1.29, 1.82) is 0 Å². The third-order valence-electron chi connectivity index (χ3n) is 5.46. The number of H-pyrrole nitrogens is 1. The zero-order chi connectivity index (χ0) is 20.4. The first-order chi connectivity index (χ1) is 14.1. The molecule has 7 heteroatoms. The fourth-order valence-corrected chi connectivity index (χ4v) is 4.65. The number of methoxy groups -OCH3 is 1. The summed E-state index contributed by atoms with van der Waals surface area (Å²) >= 11 is 9.94. The third-order valence-corrected chi connectivity index (χ3v) is 6.35. The molecule has 0 aliphatic carbocycles. The van der Waals surface area contributed by atoms with Crippen molar-refractivity contribution in [3.8, 4) is 5.75 Å². The summed E-state index contributed by atoms with van der Waals surface area (Å²) < 4.78 is 6.50. The third kappa shape index (κ3) is 4.15. The Labute approximate surface area is 183 Å². The van der Waals surface area contributed by atoms with Crippen LogP contribution in [0.15, 0.2) is 46.9 Å². The molecule has 0 saturated carbocycles. The maximum atomic E-state index is 12.9. The summed E-state index contributed by atoms with van der Waals surface area (Å²) in [6.07, 6.45) is 2.34. The number of carbonyl (C=O) groups is 1. The molecule has 0 spiro atoms. The van der Waals surface area contributed by atoms with Crippen molar-refractivity contribution in [3.05, 3.63) is 63.2 Å². The standard InChI is InChI=1S/C22H23BrClN3O2/c1-29-19-7-3-2-6-15(19)18(27-10-4-5-11-27)13-25-22(28)21-20(24)16-12-14(23)8-9-17(16)26-21/h2-3,6-9,12,18,26H,4-5,10-11,13H2,1H3,(H,25,28)/t18-/m0/s1. The van der Waals surface area contributed by atoms with Gasteiger partial charge in [0, 0.05) is 27.5 Å². The van der Waals surface area contributed by atoms with Crippen LogP contribution in [0, 0.1) is 0 Å². The summed E-state index contributed by atoms with van der Waals surface area (Å²) in [7, 11) is 1.68. The van der Waals surface area contributed by atoms with E-state index in [0.717, 1.165) is 39.8 Å². The maximum Gasteiger partial charge on any atom is 0.269 e. The number of nitrogens with zero attached hydrogens (tertiary/aromatic N) is 1. The van der Waals surface area contributed by atoms with Crippen LogP contribution in [0.5, 0.6) is 5.75 Å². The molecule has 0 radical (unpaired) electrons. The number of fused-ring (bicyclic) bond motifs is 1. The number of carbonyl (C=O) groups excluding carboxylic acids is 1. The molecule has 152 valence electrons. The van der Waals surface area contributed by atoms with E-state index in [4.69, 9.17) is 16.3 Å². The van der Waals surface area contributed by atoms with Crippen LogP contribution in [-0.2, 0) is 0 Å². The van der Waals surface area contributed by atoms with E-state index in [2.05, 4.69) is 37.2 Å².